The summed E-state index contributed by atoms with van der Waals surface area (Å²) in [6.45, 7) is 0.245. The minimum absolute atomic E-state index is 0.245. The van der Waals surface area contributed by atoms with Crippen molar-refractivity contribution in [2.75, 3.05) is 13.7 Å². The summed E-state index contributed by atoms with van der Waals surface area (Å²) in [7, 11) is -2.70. The summed E-state index contributed by atoms with van der Waals surface area (Å²) in [5.74, 6) is -0.401. The molecule has 0 N–H and O–H groups in total. The Morgan fingerprint density at radius 3 is 2.30 bits per heavy atom. The number of carbonyl (C=O) groups excluding carboxylic acids is 1. The molecule has 6 heteroatoms. The van der Waals surface area contributed by atoms with Gasteiger partial charge in [0.1, 0.15) is 0 Å². The SMILES string of the molecule is COS(=O)(=O)N1CCC1=O. The van der Waals surface area contributed by atoms with Gasteiger partial charge in [0.2, 0.25) is 5.91 Å². The third kappa shape index (κ3) is 0.994. The van der Waals surface area contributed by atoms with Crippen LogP contribution >= 0.6 is 0 Å². The Kier molecular flexibility index (Phi) is 1.65. The van der Waals surface area contributed by atoms with Crippen LogP contribution < -0.4 is 0 Å². The third-order valence-corrected chi connectivity index (χ3v) is 2.63. The minimum atomic E-state index is -3.73. The molecule has 0 bridgehead atoms. The lowest BCUT2D eigenvalue weighted by Gasteiger charge is -2.27. The van der Waals surface area contributed by atoms with Gasteiger partial charge in [-0.1, -0.05) is 0 Å². The van der Waals surface area contributed by atoms with Crippen molar-refractivity contribution >= 4 is 16.2 Å². The van der Waals surface area contributed by atoms with Gasteiger partial charge < -0.3 is 0 Å². The second-order valence-corrected chi connectivity index (χ2v) is 3.47. The molecule has 0 saturated carbocycles. The second-order valence-electron chi connectivity index (χ2n) is 1.84. The maximum Gasteiger partial charge on any atom is 0.364 e. The molecule has 1 rings (SSSR count). The zero-order valence-electron chi connectivity index (χ0n) is 5.40. The zero-order valence-corrected chi connectivity index (χ0v) is 6.22. The van der Waals surface area contributed by atoms with Gasteiger partial charge in [0.15, 0.2) is 0 Å². The summed E-state index contributed by atoms with van der Waals surface area (Å²) in [4.78, 5) is 10.5. The Morgan fingerprint density at radius 1 is 1.60 bits per heavy atom. The van der Waals surface area contributed by atoms with Gasteiger partial charge in [-0.25, -0.2) is 4.31 Å². The van der Waals surface area contributed by atoms with Crippen molar-refractivity contribution in [2.45, 2.75) is 6.42 Å². The van der Waals surface area contributed by atoms with E-state index in [1.807, 2.05) is 0 Å². The van der Waals surface area contributed by atoms with E-state index in [9.17, 15) is 13.2 Å². The number of hydrogen-bond donors (Lipinski definition) is 0. The highest BCUT2D eigenvalue weighted by Gasteiger charge is 2.34. The van der Waals surface area contributed by atoms with Crippen molar-refractivity contribution < 1.29 is 17.4 Å². The largest absolute Gasteiger partial charge is 0.364 e. The van der Waals surface area contributed by atoms with E-state index in [2.05, 4.69) is 4.18 Å². The molecule has 0 aromatic heterocycles. The van der Waals surface area contributed by atoms with Gasteiger partial charge in [-0.3, -0.25) is 8.98 Å². The Bertz CT molecular complexity index is 244. The van der Waals surface area contributed by atoms with Crippen molar-refractivity contribution in [3.8, 4) is 0 Å². The lowest BCUT2D eigenvalue weighted by molar-refractivity contribution is -0.133. The minimum Gasteiger partial charge on any atom is -0.274 e. The molecule has 1 saturated heterocycles. The molecular weight excluding hydrogens is 158 g/mol. The normalized spacial score (nSPS) is 18.9. The van der Waals surface area contributed by atoms with Gasteiger partial charge >= 0.3 is 10.3 Å². The van der Waals surface area contributed by atoms with Gasteiger partial charge in [0, 0.05) is 13.0 Å². The summed E-state index contributed by atoms with van der Waals surface area (Å²) >= 11 is 0. The van der Waals surface area contributed by atoms with Crippen LogP contribution in [-0.2, 0) is 19.3 Å². The van der Waals surface area contributed by atoms with Crippen molar-refractivity contribution in [1.29, 1.82) is 0 Å². The fraction of sp³-hybridized carbons (Fsp3) is 0.750. The molecule has 0 aromatic carbocycles. The highest BCUT2D eigenvalue weighted by molar-refractivity contribution is 7.85. The van der Waals surface area contributed by atoms with E-state index in [1.165, 1.54) is 0 Å². The Labute approximate surface area is 58.8 Å². The van der Waals surface area contributed by atoms with E-state index in [0.29, 0.717) is 10.7 Å². The second kappa shape index (κ2) is 2.21. The van der Waals surface area contributed by atoms with E-state index in [1.54, 1.807) is 0 Å². The molecule has 1 fully saturated rings. The average molecular weight is 165 g/mol. The van der Waals surface area contributed by atoms with Gasteiger partial charge in [-0.15, -0.1) is 0 Å². The number of rotatable bonds is 2. The molecule has 5 nitrogen and oxygen atoms in total. The number of nitrogens with zero attached hydrogens (tertiary/aromatic N) is 1. The number of carbonyl (C=O) groups is 1. The molecule has 10 heavy (non-hydrogen) atoms. The predicted octanol–water partition coefficient (Wildman–Crippen LogP) is -0.890. The van der Waals surface area contributed by atoms with E-state index in [0.717, 1.165) is 7.11 Å². The van der Waals surface area contributed by atoms with Crippen LogP contribution in [0.4, 0.5) is 0 Å². The fourth-order valence-corrected chi connectivity index (χ4v) is 1.46. The number of amides is 1. The molecule has 0 spiro atoms. The maximum atomic E-state index is 10.7. The molecule has 1 heterocycles. The van der Waals surface area contributed by atoms with Crippen molar-refractivity contribution in [2.24, 2.45) is 0 Å². The highest BCUT2D eigenvalue weighted by atomic mass is 32.2. The molecule has 0 aromatic rings. The monoisotopic (exact) mass is 165 g/mol. The van der Waals surface area contributed by atoms with Crippen LogP contribution in [0.1, 0.15) is 6.42 Å². The summed E-state index contributed by atoms with van der Waals surface area (Å²) in [5, 5.41) is 0. The quantitative estimate of drug-likeness (QED) is 0.498. The van der Waals surface area contributed by atoms with Gasteiger partial charge in [-0.2, -0.15) is 8.42 Å². The molecule has 1 aliphatic heterocycles. The molecule has 1 amide bonds. The van der Waals surface area contributed by atoms with Gasteiger partial charge in [0.05, 0.1) is 7.11 Å². The van der Waals surface area contributed by atoms with Crippen LogP contribution in [0.3, 0.4) is 0 Å². The van der Waals surface area contributed by atoms with Gasteiger partial charge in [0.25, 0.3) is 0 Å². The summed E-state index contributed by atoms with van der Waals surface area (Å²) in [6, 6.07) is 0. The molecule has 1 aliphatic rings. The standard InChI is InChI=1S/C4H7NO4S/c1-9-10(7,8)5-3-2-4(5)6/h2-3H2,1H3. The van der Waals surface area contributed by atoms with Crippen LogP contribution in [0, 0.1) is 0 Å². The fourth-order valence-electron chi connectivity index (χ4n) is 0.621. The first kappa shape index (κ1) is 7.49. The van der Waals surface area contributed by atoms with Crippen molar-refractivity contribution in [3.05, 3.63) is 0 Å². The van der Waals surface area contributed by atoms with Crippen LogP contribution in [0.5, 0.6) is 0 Å². The average Bonchev–Trinajstić information content (AvgIpc) is 1.84. The molecule has 0 atom stereocenters. The smallest absolute Gasteiger partial charge is 0.274 e. The maximum absolute atomic E-state index is 10.7. The van der Waals surface area contributed by atoms with Crippen LogP contribution in [0.25, 0.3) is 0 Å². The Balaban J connectivity index is 2.75. The van der Waals surface area contributed by atoms with Crippen molar-refractivity contribution in [3.63, 3.8) is 0 Å². The molecule has 0 unspecified atom stereocenters. The van der Waals surface area contributed by atoms with E-state index < -0.39 is 16.2 Å². The topological polar surface area (TPSA) is 63.7 Å². The predicted molar refractivity (Wildman–Crippen MR) is 32.3 cm³/mol. The first-order valence-electron chi connectivity index (χ1n) is 2.69. The Morgan fingerprint density at radius 2 is 2.20 bits per heavy atom. The highest BCUT2D eigenvalue weighted by Crippen LogP contribution is 2.14. The Hall–Kier alpha value is -0.620. The van der Waals surface area contributed by atoms with E-state index >= 15 is 0 Å². The lowest BCUT2D eigenvalue weighted by atomic mass is 10.3. The number of β-lactam (4-membered cyclic amide) rings is 1. The molecule has 0 radical (unpaired) electrons. The van der Waals surface area contributed by atoms with Crippen molar-refractivity contribution in [1.82, 2.24) is 4.31 Å². The van der Waals surface area contributed by atoms with Gasteiger partial charge in [-0.05, 0) is 0 Å². The molecule has 58 valence electrons. The molecule has 0 aliphatic carbocycles. The van der Waals surface area contributed by atoms with Crippen LogP contribution in [0.2, 0.25) is 0 Å². The summed E-state index contributed by atoms with van der Waals surface area (Å²) in [5.41, 5.74) is 0. The zero-order chi connectivity index (χ0) is 7.78. The third-order valence-electron chi connectivity index (χ3n) is 1.29. The van der Waals surface area contributed by atoms with E-state index in [-0.39, 0.29) is 6.54 Å². The van der Waals surface area contributed by atoms with E-state index in [4.69, 9.17) is 0 Å². The van der Waals surface area contributed by atoms with Crippen LogP contribution in [-0.4, -0.2) is 32.3 Å². The first-order chi connectivity index (χ1) is 4.58. The van der Waals surface area contributed by atoms with Crippen LogP contribution in [0.15, 0.2) is 0 Å². The summed E-state index contributed by atoms with van der Waals surface area (Å²) < 4.78 is 26.1. The lowest BCUT2D eigenvalue weighted by Crippen LogP contribution is -2.47. The molecular formula is C4H7NO4S. The summed E-state index contributed by atoms with van der Waals surface area (Å²) in [6.07, 6.45) is 0.294. The first-order valence-corrected chi connectivity index (χ1v) is 4.05. The number of hydrogen-bond acceptors (Lipinski definition) is 4.